The van der Waals surface area contributed by atoms with Gasteiger partial charge in [0.15, 0.2) is 11.0 Å². The first-order valence-corrected chi connectivity index (χ1v) is 11.7. The minimum atomic E-state index is -0.429. The minimum absolute atomic E-state index is 0.0581. The lowest BCUT2D eigenvalue weighted by molar-refractivity contribution is -0.115. The van der Waals surface area contributed by atoms with Gasteiger partial charge in [0, 0.05) is 22.9 Å². The van der Waals surface area contributed by atoms with Gasteiger partial charge in [-0.2, -0.15) is 0 Å². The Morgan fingerprint density at radius 2 is 2.09 bits per heavy atom. The number of amides is 1. The van der Waals surface area contributed by atoms with E-state index in [0.29, 0.717) is 28.2 Å². The van der Waals surface area contributed by atoms with Crippen LogP contribution in [0, 0.1) is 12.7 Å². The predicted octanol–water partition coefficient (Wildman–Crippen LogP) is 5.34. The average Bonchev–Trinajstić information content (AvgIpc) is 3.42. The Kier molecular flexibility index (Phi) is 7.13. The molecule has 2 heterocycles. The Hall–Kier alpha value is -2.42. The van der Waals surface area contributed by atoms with E-state index < -0.39 is 5.25 Å². The number of aryl methyl sites for hydroxylation is 1. The third kappa shape index (κ3) is 5.31. The number of carbonyl (C=O) groups is 1. The zero-order valence-electron chi connectivity index (χ0n) is 17.8. The van der Waals surface area contributed by atoms with Gasteiger partial charge < -0.3 is 10.1 Å². The van der Waals surface area contributed by atoms with Crippen molar-refractivity contribution < 1.29 is 13.9 Å². The van der Waals surface area contributed by atoms with Gasteiger partial charge in [0.05, 0.1) is 17.9 Å². The molecule has 0 bridgehead atoms. The number of anilines is 1. The van der Waals surface area contributed by atoms with Gasteiger partial charge in [0.2, 0.25) is 5.91 Å². The van der Waals surface area contributed by atoms with Crippen molar-refractivity contribution in [2.75, 3.05) is 11.9 Å². The molecule has 9 heteroatoms. The fourth-order valence-corrected chi connectivity index (χ4v) is 4.55. The van der Waals surface area contributed by atoms with E-state index in [0.717, 1.165) is 30.6 Å². The zero-order valence-corrected chi connectivity index (χ0v) is 19.4. The molecule has 1 fully saturated rings. The molecule has 1 N–H and O–H groups in total. The summed E-state index contributed by atoms with van der Waals surface area (Å²) in [6.07, 6.45) is 2.02. The Balaban J connectivity index is 1.55. The van der Waals surface area contributed by atoms with Crippen molar-refractivity contribution in [1.29, 1.82) is 0 Å². The minimum Gasteiger partial charge on any atom is -0.376 e. The number of aromatic nitrogens is 3. The zero-order chi connectivity index (χ0) is 22.7. The molecule has 168 valence electrons. The van der Waals surface area contributed by atoms with E-state index in [9.17, 15) is 9.18 Å². The lowest BCUT2D eigenvalue weighted by atomic mass is 10.2. The van der Waals surface area contributed by atoms with Crippen molar-refractivity contribution in [3.8, 4) is 11.4 Å². The number of halogens is 2. The van der Waals surface area contributed by atoms with E-state index in [-0.39, 0.29) is 17.8 Å². The van der Waals surface area contributed by atoms with E-state index in [1.807, 2.05) is 24.5 Å². The molecule has 1 saturated heterocycles. The van der Waals surface area contributed by atoms with Crippen molar-refractivity contribution in [2.45, 2.75) is 49.7 Å². The second-order valence-corrected chi connectivity index (χ2v) is 9.51. The topological polar surface area (TPSA) is 69.0 Å². The number of thioether (sulfide) groups is 1. The second kappa shape index (κ2) is 10.0. The molecule has 0 spiro atoms. The van der Waals surface area contributed by atoms with Gasteiger partial charge in [-0.1, -0.05) is 29.4 Å². The van der Waals surface area contributed by atoms with Gasteiger partial charge in [0.25, 0.3) is 0 Å². The Labute approximate surface area is 195 Å². The summed E-state index contributed by atoms with van der Waals surface area (Å²) in [5.74, 6) is 0.159. The van der Waals surface area contributed by atoms with Crippen LogP contribution < -0.4 is 5.32 Å². The highest BCUT2D eigenvalue weighted by molar-refractivity contribution is 8.00. The summed E-state index contributed by atoms with van der Waals surface area (Å²) >= 11 is 7.39. The molecule has 2 unspecified atom stereocenters. The number of benzene rings is 2. The Bertz CT molecular complexity index is 1100. The molecule has 2 aromatic carbocycles. The third-order valence-electron chi connectivity index (χ3n) is 5.34. The van der Waals surface area contributed by atoms with Crippen LogP contribution in [-0.2, 0) is 16.1 Å². The number of rotatable bonds is 7. The van der Waals surface area contributed by atoms with E-state index in [1.165, 1.54) is 23.9 Å². The van der Waals surface area contributed by atoms with Crippen LogP contribution in [0.1, 0.15) is 25.3 Å². The summed E-state index contributed by atoms with van der Waals surface area (Å²) in [5, 5.41) is 12.4. The number of carbonyl (C=O) groups excluding carboxylic acids is 1. The lowest BCUT2D eigenvalue weighted by Crippen LogP contribution is -2.24. The van der Waals surface area contributed by atoms with Crippen LogP contribution in [0.3, 0.4) is 0 Å². The fourth-order valence-electron chi connectivity index (χ4n) is 3.52. The fraction of sp³-hybridized carbons (Fsp3) is 0.348. The first-order valence-electron chi connectivity index (χ1n) is 10.4. The number of ether oxygens (including phenoxy) is 1. The van der Waals surface area contributed by atoms with Crippen molar-refractivity contribution >= 4 is 35.0 Å². The smallest absolute Gasteiger partial charge is 0.237 e. The van der Waals surface area contributed by atoms with Crippen LogP contribution >= 0.6 is 23.4 Å². The molecule has 1 amide bonds. The van der Waals surface area contributed by atoms with E-state index >= 15 is 0 Å². The van der Waals surface area contributed by atoms with Gasteiger partial charge in [0.1, 0.15) is 5.82 Å². The summed E-state index contributed by atoms with van der Waals surface area (Å²) in [4.78, 5) is 12.9. The van der Waals surface area contributed by atoms with Crippen LogP contribution in [0.4, 0.5) is 10.1 Å². The molecule has 6 nitrogen and oxygen atoms in total. The summed E-state index contributed by atoms with van der Waals surface area (Å²) in [5.41, 5.74) is 2.37. The second-order valence-electron chi connectivity index (χ2n) is 7.77. The molecule has 0 radical (unpaired) electrons. The molecule has 3 aromatic rings. The molecule has 1 aromatic heterocycles. The van der Waals surface area contributed by atoms with Crippen molar-refractivity contribution in [3.05, 3.63) is 58.9 Å². The first-order chi connectivity index (χ1) is 15.4. The summed E-state index contributed by atoms with van der Waals surface area (Å²) in [6, 6.07) is 11.5. The molecule has 32 heavy (non-hydrogen) atoms. The highest BCUT2D eigenvalue weighted by Gasteiger charge is 2.25. The maximum atomic E-state index is 13.4. The summed E-state index contributed by atoms with van der Waals surface area (Å²) in [7, 11) is 0. The maximum Gasteiger partial charge on any atom is 0.237 e. The highest BCUT2D eigenvalue weighted by atomic mass is 35.5. The van der Waals surface area contributed by atoms with Gasteiger partial charge in [-0.25, -0.2) is 4.39 Å². The summed E-state index contributed by atoms with van der Waals surface area (Å²) in [6.45, 7) is 5.04. The summed E-state index contributed by atoms with van der Waals surface area (Å²) < 4.78 is 21.2. The van der Waals surface area contributed by atoms with Crippen LogP contribution in [0.25, 0.3) is 11.4 Å². The first kappa shape index (κ1) is 22.8. The molecule has 2 atom stereocenters. The highest BCUT2D eigenvalue weighted by Crippen LogP contribution is 2.30. The number of hydrogen-bond donors (Lipinski definition) is 1. The Morgan fingerprint density at radius 1 is 1.31 bits per heavy atom. The molecule has 0 aliphatic carbocycles. The van der Waals surface area contributed by atoms with Crippen LogP contribution in [-0.4, -0.2) is 38.6 Å². The van der Waals surface area contributed by atoms with Crippen LogP contribution in [0.5, 0.6) is 0 Å². The van der Waals surface area contributed by atoms with E-state index in [1.54, 1.807) is 24.3 Å². The number of nitrogens with one attached hydrogen (secondary N) is 1. The lowest BCUT2D eigenvalue weighted by Gasteiger charge is -2.17. The molecule has 1 aliphatic rings. The van der Waals surface area contributed by atoms with Crippen LogP contribution in [0.15, 0.2) is 47.6 Å². The number of nitrogens with zero attached hydrogens (tertiary/aromatic N) is 3. The SMILES string of the molecule is Cc1ccc(Cl)cc1NC(=O)C(C)Sc1nnc(-c2ccc(F)cc2)n1CC1CCCO1. The van der Waals surface area contributed by atoms with Crippen molar-refractivity contribution in [2.24, 2.45) is 0 Å². The average molecular weight is 475 g/mol. The molecular formula is C23H24ClFN4O2S. The van der Waals surface area contributed by atoms with Crippen molar-refractivity contribution in [1.82, 2.24) is 14.8 Å². The monoisotopic (exact) mass is 474 g/mol. The van der Waals surface area contributed by atoms with Crippen molar-refractivity contribution in [3.63, 3.8) is 0 Å². The van der Waals surface area contributed by atoms with Crippen LogP contribution in [0.2, 0.25) is 5.02 Å². The Morgan fingerprint density at radius 3 is 2.81 bits per heavy atom. The van der Waals surface area contributed by atoms with Gasteiger partial charge in [-0.3, -0.25) is 9.36 Å². The normalized spacial score (nSPS) is 16.8. The van der Waals surface area contributed by atoms with Gasteiger partial charge in [-0.15, -0.1) is 10.2 Å². The van der Waals surface area contributed by atoms with Gasteiger partial charge >= 0.3 is 0 Å². The van der Waals surface area contributed by atoms with Gasteiger partial charge in [-0.05, 0) is 68.7 Å². The largest absolute Gasteiger partial charge is 0.376 e. The third-order valence-corrected chi connectivity index (χ3v) is 6.65. The predicted molar refractivity (Wildman–Crippen MR) is 125 cm³/mol. The molecule has 0 saturated carbocycles. The quantitative estimate of drug-likeness (QED) is 0.468. The van der Waals surface area contributed by atoms with E-state index in [2.05, 4.69) is 15.5 Å². The molecular weight excluding hydrogens is 451 g/mol. The van der Waals surface area contributed by atoms with E-state index in [4.69, 9.17) is 16.3 Å². The number of hydrogen-bond acceptors (Lipinski definition) is 5. The molecule has 4 rings (SSSR count). The maximum absolute atomic E-state index is 13.4. The standard InChI is InChI=1S/C23H24ClFN4O2S/c1-14-5-8-17(24)12-20(14)26-22(30)15(2)32-23-28-27-21(16-6-9-18(25)10-7-16)29(23)13-19-4-3-11-31-19/h5-10,12,15,19H,3-4,11,13H2,1-2H3,(H,26,30). The molecule has 1 aliphatic heterocycles.